The maximum atomic E-state index is 13.1. The zero-order valence-corrected chi connectivity index (χ0v) is 11.2. The van der Waals surface area contributed by atoms with Crippen molar-refractivity contribution in [2.45, 2.75) is 32.4 Å². The van der Waals surface area contributed by atoms with Crippen LogP contribution in [0.4, 0.5) is 4.39 Å². The Hall–Kier alpha value is -0.640. The van der Waals surface area contributed by atoms with Crippen molar-refractivity contribution in [1.29, 1.82) is 0 Å². The predicted octanol–water partition coefficient (Wildman–Crippen LogP) is 3.03. The van der Waals surface area contributed by atoms with Crippen molar-refractivity contribution < 1.29 is 9.13 Å². The first-order valence-electron chi connectivity index (χ1n) is 5.81. The second-order valence-electron chi connectivity index (χ2n) is 4.00. The van der Waals surface area contributed by atoms with Gasteiger partial charge in [0.25, 0.3) is 0 Å². The molecule has 0 saturated heterocycles. The molecule has 0 saturated carbocycles. The number of halogens is 2. The minimum Gasteiger partial charge on any atom is -0.377 e. The Balaban J connectivity index is 2.76. The summed E-state index contributed by atoms with van der Waals surface area (Å²) >= 11 is 6.04. The van der Waals surface area contributed by atoms with E-state index in [1.165, 1.54) is 12.1 Å². The number of hydrogen-bond donors (Lipinski definition) is 1. The third kappa shape index (κ3) is 4.26. The van der Waals surface area contributed by atoms with E-state index < -0.39 is 0 Å². The van der Waals surface area contributed by atoms with E-state index in [4.69, 9.17) is 16.3 Å². The van der Waals surface area contributed by atoms with Crippen molar-refractivity contribution >= 4 is 11.6 Å². The van der Waals surface area contributed by atoms with Gasteiger partial charge < -0.3 is 10.1 Å². The fourth-order valence-electron chi connectivity index (χ4n) is 1.82. The lowest BCUT2D eigenvalue weighted by Gasteiger charge is -2.24. The predicted molar refractivity (Wildman–Crippen MR) is 69.0 cm³/mol. The smallest absolute Gasteiger partial charge is 0.123 e. The highest BCUT2D eigenvalue weighted by atomic mass is 35.5. The Labute approximate surface area is 107 Å². The fourth-order valence-corrected chi connectivity index (χ4v) is 2.01. The molecule has 2 atom stereocenters. The lowest BCUT2D eigenvalue weighted by Crippen LogP contribution is -2.39. The number of ether oxygens (including phenoxy) is 1. The molecule has 0 bridgehead atoms. The summed E-state index contributed by atoms with van der Waals surface area (Å²) in [5, 5.41) is 3.77. The molecule has 0 aromatic heterocycles. The van der Waals surface area contributed by atoms with Crippen LogP contribution in [0.15, 0.2) is 18.2 Å². The normalized spacial score (nSPS) is 14.6. The summed E-state index contributed by atoms with van der Waals surface area (Å²) in [4.78, 5) is 0. The van der Waals surface area contributed by atoms with Crippen LogP contribution in [0.3, 0.4) is 0 Å². The molecule has 0 aliphatic carbocycles. The van der Waals surface area contributed by atoms with E-state index in [1.54, 1.807) is 6.07 Å². The van der Waals surface area contributed by atoms with E-state index in [-0.39, 0.29) is 18.0 Å². The SMILES string of the molecule is CCOC(C)C(Cc1cc(F)ccc1Cl)NC. The molecule has 17 heavy (non-hydrogen) atoms. The van der Waals surface area contributed by atoms with Gasteiger partial charge in [-0.25, -0.2) is 4.39 Å². The van der Waals surface area contributed by atoms with E-state index in [2.05, 4.69) is 5.32 Å². The Morgan fingerprint density at radius 3 is 2.76 bits per heavy atom. The molecule has 0 aliphatic heterocycles. The first-order valence-corrected chi connectivity index (χ1v) is 6.19. The largest absolute Gasteiger partial charge is 0.377 e. The molecule has 2 unspecified atom stereocenters. The van der Waals surface area contributed by atoms with Crippen molar-refractivity contribution in [1.82, 2.24) is 5.32 Å². The van der Waals surface area contributed by atoms with Crippen LogP contribution in [0.1, 0.15) is 19.4 Å². The molecule has 0 radical (unpaired) electrons. The number of rotatable bonds is 6. The molecule has 2 nitrogen and oxygen atoms in total. The average Bonchev–Trinajstić information content (AvgIpc) is 2.30. The second-order valence-corrected chi connectivity index (χ2v) is 4.40. The van der Waals surface area contributed by atoms with Crippen LogP contribution in [-0.4, -0.2) is 25.8 Å². The molecule has 96 valence electrons. The van der Waals surface area contributed by atoms with E-state index in [9.17, 15) is 4.39 Å². The minimum absolute atomic E-state index is 0.0596. The van der Waals surface area contributed by atoms with E-state index in [0.717, 1.165) is 5.56 Å². The Bertz CT molecular complexity index is 359. The van der Waals surface area contributed by atoms with E-state index in [0.29, 0.717) is 18.1 Å². The zero-order valence-electron chi connectivity index (χ0n) is 10.5. The highest BCUT2D eigenvalue weighted by molar-refractivity contribution is 6.31. The Morgan fingerprint density at radius 1 is 1.47 bits per heavy atom. The van der Waals surface area contributed by atoms with Crippen LogP contribution >= 0.6 is 11.6 Å². The van der Waals surface area contributed by atoms with Crippen LogP contribution in [0, 0.1) is 5.82 Å². The average molecular weight is 260 g/mol. The quantitative estimate of drug-likeness (QED) is 0.848. The van der Waals surface area contributed by atoms with Gasteiger partial charge in [-0.15, -0.1) is 0 Å². The van der Waals surface area contributed by atoms with Crippen molar-refractivity contribution in [3.63, 3.8) is 0 Å². The highest BCUT2D eigenvalue weighted by Gasteiger charge is 2.17. The maximum absolute atomic E-state index is 13.1. The van der Waals surface area contributed by atoms with Crippen molar-refractivity contribution in [2.75, 3.05) is 13.7 Å². The van der Waals surface area contributed by atoms with Gasteiger partial charge in [0, 0.05) is 17.7 Å². The molecule has 1 rings (SSSR count). The fraction of sp³-hybridized carbons (Fsp3) is 0.538. The summed E-state index contributed by atoms with van der Waals surface area (Å²) in [5.74, 6) is -0.261. The zero-order chi connectivity index (χ0) is 12.8. The van der Waals surface area contributed by atoms with Crippen LogP contribution in [0.25, 0.3) is 0 Å². The summed E-state index contributed by atoms with van der Waals surface area (Å²) in [6.07, 6.45) is 0.707. The summed E-state index contributed by atoms with van der Waals surface area (Å²) in [6, 6.07) is 4.55. The third-order valence-electron chi connectivity index (χ3n) is 2.81. The molecule has 0 fully saturated rings. The Kier molecular flexibility index (Phi) is 5.89. The Morgan fingerprint density at radius 2 is 2.18 bits per heavy atom. The molecule has 0 aliphatic rings. The summed E-state index contributed by atoms with van der Waals surface area (Å²) in [5.41, 5.74) is 0.803. The van der Waals surface area contributed by atoms with Crippen LogP contribution < -0.4 is 5.32 Å². The van der Waals surface area contributed by atoms with Gasteiger partial charge in [0.2, 0.25) is 0 Å². The molecule has 0 heterocycles. The van der Waals surface area contributed by atoms with Gasteiger partial charge in [0.05, 0.1) is 6.10 Å². The molecule has 0 spiro atoms. The number of benzene rings is 1. The summed E-state index contributed by atoms with van der Waals surface area (Å²) in [7, 11) is 1.87. The van der Waals surface area contributed by atoms with Gasteiger partial charge in [-0.2, -0.15) is 0 Å². The number of hydrogen-bond acceptors (Lipinski definition) is 2. The molecular weight excluding hydrogens is 241 g/mol. The first-order chi connectivity index (χ1) is 8.08. The van der Waals surface area contributed by atoms with Gasteiger partial charge in [0.15, 0.2) is 0 Å². The van der Waals surface area contributed by atoms with Crippen LogP contribution in [0.2, 0.25) is 5.02 Å². The molecule has 1 N–H and O–H groups in total. The van der Waals surface area contributed by atoms with Gasteiger partial charge in [-0.1, -0.05) is 11.6 Å². The number of likely N-dealkylation sites (N-methyl/N-ethyl adjacent to an activating group) is 1. The lowest BCUT2D eigenvalue weighted by atomic mass is 10.0. The topological polar surface area (TPSA) is 21.3 Å². The summed E-state index contributed by atoms with van der Waals surface area (Å²) < 4.78 is 18.7. The standard InChI is InChI=1S/C13H19ClFNO/c1-4-17-9(2)13(16-3)8-10-7-11(15)5-6-12(10)14/h5-7,9,13,16H,4,8H2,1-3H3. The third-order valence-corrected chi connectivity index (χ3v) is 3.18. The van der Waals surface area contributed by atoms with E-state index in [1.807, 2.05) is 20.9 Å². The maximum Gasteiger partial charge on any atom is 0.123 e. The van der Waals surface area contributed by atoms with Crippen molar-refractivity contribution in [3.05, 3.63) is 34.6 Å². The van der Waals surface area contributed by atoms with Gasteiger partial charge in [0.1, 0.15) is 5.82 Å². The highest BCUT2D eigenvalue weighted by Crippen LogP contribution is 2.19. The van der Waals surface area contributed by atoms with Crippen molar-refractivity contribution in [2.24, 2.45) is 0 Å². The number of nitrogens with one attached hydrogen (secondary N) is 1. The second kappa shape index (κ2) is 6.94. The summed E-state index contributed by atoms with van der Waals surface area (Å²) in [6.45, 7) is 4.62. The monoisotopic (exact) mass is 259 g/mol. The van der Waals surface area contributed by atoms with Crippen LogP contribution in [-0.2, 0) is 11.2 Å². The molecular formula is C13H19ClFNO. The molecule has 1 aromatic rings. The lowest BCUT2D eigenvalue weighted by molar-refractivity contribution is 0.0496. The van der Waals surface area contributed by atoms with Gasteiger partial charge >= 0.3 is 0 Å². The minimum atomic E-state index is -0.261. The van der Waals surface area contributed by atoms with Gasteiger partial charge in [-0.05, 0) is 51.1 Å². The molecule has 1 aromatic carbocycles. The molecule has 0 amide bonds. The first kappa shape index (κ1) is 14.4. The van der Waals surface area contributed by atoms with Gasteiger partial charge in [-0.3, -0.25) is 0 Å². The van der Waals surface area contributed by atoms with Crippen molar-refractivity contribution in [3.8, 4) is 0 Å². The van der Waals surface area contributed by atoms with E-state index >= 15 is 0 Å². The molecule has 4 heteroatoms. The van der Waals surface area contributed by atoms with Crippen LogP contribution in [0.5, 0.6) is 0 Å².